The van der Waals surface area contributed by atoms with Gasteiger partial charge in [0.05, 0.1) is 5.41 Å². The van der Waals surface area contributed by atoms with Gasteiger partial charge in [0, 0.05) is 17.1 Å². The molecule has 0 radical (unpaired) electrons. The maximum Gasteiger partial charge on any atom is 0.0713 e. The van der Waals surface area contributed by atoms with E-state index in [0.717, 1.165) is 17.1 Å². The molecule has 1 heteroatoms. The smallest absolute Gasteiger partial charge is 0.0713 e. The quantitative estimate of drug-likeness (QED) is 0.148. The first-order chi connectivity index (χ1) is 31.7. The third kappa shape index (κ3) is 6.16. The van der Waals surface area contributed by atoms with Crippen molar-refractivity contribution in [2.45, 2.75) is 5.41 Å². The fourth-order valence-electron chi connectivity index (χ4n) is 10.5. The van der Waals surface area contributed by atoms with Gasteiger partial charge < -0.3 is 4.90 Å². The van der Waals surface area contributed by atoms with Crippen molar-refractivity contribution in [2.75, 3.05) is 4.90 Å². The van der Waals surface area contributed by atoms with E-state index in [1.807, 2.05) is 0 Å². The molecule has 0 amide bonds. The minimum atomic E-state index is -0.453. The van der Waals surface area contributed by atoms with Crippen molar-refractivity contribution >= 4 is 38.6 Å². The highest BCUT2D eigenvalue weighted by molar-refractivity contribution is 5.99. The summed E-state index contributed by atoms with van der Waals surface area (Å²) in [4.78, 5) is 2.40. The van der Waals surface area contributed by atoms with Gasteiger partial charge in [0.2, 0.25) is 0 Å². The molecule has 11 aromatic carbocycles. The van der Waals surface area contributed by atoms with E-state index < -0.39 is 5.41 Å². The van der Waals surface area contributed by atoms with Gasteiger partial charge in [-0.15, -0.1) is 0 Å². The van der Waals surface area contributed by atoms with Crippen molar-refractivity contribution in [3.8, 4) is 44.5 Å². The summed E-state index contributed by atoms with van der Waals surface area (Å²) in [6.07, 6.45) is 0. The van der Waals surface area contributed by atoms with Crippen LogP contribution in [0, 0.1) is 0 Å². The average molecular weight is 814 g/mol. The lowest BCUT2D eigenvalue weighted by molar-refractivity contribution is 0.769. The van der Waals surface area contributed by atoms with Crippen molar-refractivity contribution in [3.63, 3.8) is 0 Å². The van der Waals surface area contributed by atoms with Gasteiger partial charge in [-0.2, -0.15) is 0 Å². The number of anilines is 3. The fraction of sp³-hybridized carbons (Fsp3) is 0.0159. The zero-order valence-electron chi connectivity index (χ0n) is 35.3. The van der Waals surface area contributed by atoms with Crippen molar-refractivity contribution in [1.82, 2.24) is 0 Å². The van der Waals surface area contributed by atoms with Crippen molar-refractivity contribution in [1.29, 1.82) is 0 Å². The second kappa shape index (κ2) is 15.6. The number of hydrogen-bond acceptors (Lipinski definition) is 1. The third-order valence-electron chi connectivity index (χ3n) is 13.3. The molecule has 1 aliphatic carbocycles. The van der Waals surface area contributed by atoms with Crippen LogP contribution in [0.3, 0.4) is 0 Å². The Hall–Kier alpha value is -8.26. The Morgan fingerprint density at radius 3 is 1.30 bits per heavy atom. The molecule has 300 valence electrons. The molecule has 0 aliphatic heterocycles. The van der Waals surface area contributed by atoms with Gasteiger partial charge in [-0.05, 0) is 131 Å². The predicted molar refractivity (Wildman–Crippen MR) is 270 cm³/mol. The molecule has 0 bridgehead atoms. The van der Waals surface area contributed by atoms with Crippen LogP contribution >= 0.6 is 0 Å². The van der Waals surface area contributed by atoms with Gasteiger partial charge in [-0.1, -0.05) is 218 Å². The van der Waals surface area contributed by atoms with E-state index in [1.54, 1.807) is 0 Å². The zero-order valence-corrected chi connectivity index (χ0v) is 35.3. The summed E-state index contributed by atoms with van der Waals surface area (Å²) in [6, 6.07) is 95.8. The van der Waals surface area contributed by atoms with Crippen LogP contribution in [0.1, 0.15) is 22.3 Å². The lowest BCUT2D eigenvalue weighted by Crippen LogP contribution is -2.28. The van der Waals surface area contributed by atoms with E-state index in [9.17, 15) is 0 Å². The Bertz CT molecular complexity index is 3320. The molecule has 1 aliphatic rings. The summed E-state index contributed by atoms with van der Waals surface area (Å²) in [5, 5.41) is 4.97. The molecule has 0 saturated carbocycles. The Morgan fingerprint density at radius 2 is 0.703 bits per heavy atom. The monoisotopic (exact) mass is 813 g/mol. The molecule has 0 spiro atoms. The molecule has 0 saturated heterocycles. The fourth-order valence-corrected chi connectivity index (χ4v) is 10.5. The number of rotatable bonds is 8. The number of nitrogens with zero attached hydrogens (tertiary/aromatic N) is 1. The molecule has 0 aromatic heterocycles. The first-order valence-corrected chi connectivity index (χ1v) is 22.2. The lowest BCUT2D eigenvalue weighted by atomic mass is 9.67. The Balaban J connectivity index is 1.000. The molecular weight excluding hydrogens is 771 g/mol. The Morgan fingerprint density at radius 1 is 0.250 bits per heavy atom. The molecule has 0 unspecified atom stereocenters. The SMILES string of the molecule is c1ccc(C2(c3ccccc3)c3ccccc3-c3ccc(-c4ccc(N(c5cccc(-c6cccc7ccccc67)c5)c5cccc(-c6cccc7ccccc67)c5)cc4)cc32)cc1. The van der Waals surface area contributed by atoms with E-state index in [-0.39, 0.29) is 0 Å². The molecule has 12 rings (SSSR count). The molecular formula is C63H43N. The van der Waals surface area contributed by atoms with Crippen molar-refractivity contribution in [2.24, 2.45) is 0 Å². The highest BCUT2D eigenvalue weighted by Gasteiger charge is 2.46. The van der Waals surface area contributed by atoms with Crippen LogP contribution in [0.15, 0.2) is 261 Å². The maximum atomic E-state index is 2.45. The summed E-state index contributed by atoms with van der Waals surface area (Å²) in [7, 11) is 0. The minimum Gasteiger partial charge on any atom is -0.310 e. The van der Waals surface area contributed by atoms with Gasteiger partial charge in [-0.25, -0.2) is 0 Å². The van der Waals surface area contributed by atoms with Crippen LogP contribution in [0.4, 0.5) is 17.1 Å². The van der Waals surface area contributed by atoms with Crippen molar-refractivity contribution < 1.29 is 0 Å². The first kappa shape index (κ1) is 37.5. The zero-order chi connectivity index (χ0) is 42.5. The molecule has 0 heterocycles. The molecule has 0 N–H and O–H groups in total. The standard InChI is InChI=1S/C63H43N/c1-3-23-50(24-4-1)63(51-25-5-2-6-26-51)61-34-12-11-31-59(61)60-40-37-47(43-62(60)63)44-35-38-52(39-36-44)64(53-27-13-21-48(41-53)57-32-15-19-45-17-7-9-29-55(45)57)54-28-14-22-49(42-54)58-33-16-20-46-18-8-10-30-56(46)58/h1-43H. The van der Waals surface area contributed by atoms with Crippen LogP contribution < -0.4 is 4.90 Å². The van der Waals surface area contributed by atoms with E-state index in [1.165, 1.54) is 88.3 Å². The van der Waals surface area contributed by atoms with Gasteiger partial charge in [0.1, 0.15) is 0 Å². The summed E-state index contributed by atoms with van der Waals surface area (Å²) in [5.74, 6) is 0. The Kier molecular flexibility index (Phi) is 9.13. The summed E-state index contributed by atoms with van der Waals surface area (Å²) in [6.45, 7) is 0. The van der Waals surface area contributed by atoms with Gasteiger partial charge >= 0.3 is 0 Å². The number of hydrogen-bond donors (Lipinski definition) is 0. The molecule has 11 aromatic rings. The van der Waals surface area contributed by atoms with Crippen LogP contribution in [-0.2, 0) is 5.41 Å². The van der Waals surface area contributed by atoms with E-state index in [4.69, 9.17) is 0 Å². The highest BCUT2D eigenvalue weighted by atomic mass is 15.1. The van der Waals surface area contributed by atoms with Crippen molar-refractivity contribution in [3.05, 3.63) is 283 Å². The normalized spacial score (nSPS) is 12.5. The maximum absolute atomic E-state index is 2.45. The largest absolute Gasteiger partial charge is 0.310 e. The summed E-state index contributed by atoms with van der Waals surface area (Å²) in [5.41, 5.74) is 17.7. The minimum absolute atomic E-state index is 0.453. The third-order valence-corrected chi connectivity index (χ3v) is 13.3. The second-order valence-electron chi connectivity index (χ2n) is 16.8. The molecule has 64 heavy (non-hydrogen) atoms. The van der Waals surface area contributed by atoms with Gasteiger partial charge in [0.25, 0.3) is 0 Å². The van der Waals surface area contributed by atoms with Gasteiger partial charge in [0.15, 0.2) is 0 Å². The molecule has 1 nitrogen and oxygen atoms in total. The van der Waals surface area contributed by atoms with Crippen LogP contribution in [0.5, 0.6) is 0 Å². The summed E-state index contributed by atoms with van der Waals surface area (Å²) >= 11 is 0. The second-order valence-corrected chi connectivity index (χ2v) is 16.8. The topological polar surface area (TPSA) is 3.24 Å². The van der Waals surface area contributed by atoms with Crippen LogP contribution in [0.2, 0.25) is 0 Å². The van der Waals surface area contributed by atoms with E-state index >= 15 is 0 Å². The molecule has 0 fully saturated rings. The highest BCUT2D eigenvalue weighted by Crippen LogP contribution is 2.56. The predicted octanol–water partition coefficient (Wildman–Crippen LogP) is 16.8. The Labute approximate surface area is 374 Å². The molecule has 0 atom stereocenters. The number of fused-ring (bicyclic) bond motifs is 5. The van der Waals surface area contributed by atoms with E-state index in [2.05, 4.69) is 266 Å². The average Bonchev–Trinajstić information content (AvgIpc) is 3.67. The van der Waals surface area contributed by atoms with Crippen LogP contribution in [0.25, 0.3) is 66.1 Å². The first-order valence-electron chi connectivity index (χ1n) is 22.2. The number of benzene rings is 11. The lowest BCUT2D eigenvalue weighted by Gasteiger charge is -2.34. The van der Waals surface area contributed by atoms with Crippen LogP contribution in [-0.4, -0.2) is 0 Å². The summed E-state index contributed by atoms with van der Waals surface area (Å²) < 4.78 is 0. The van der Waals surface area contributed by atoms with Gasteiger partial charge in [-0.3, -0.25) is 0 Å². The van der Waals surface area contributed by atoms with E-state index in [0.29, 0.717) is 0 Å².